The summed E-state index contributed by atoms with van der Waals surface area (Å²) in [6.45, 7) is 0.769. The smallest absolute Gasteiger partial charge is 0.243 e. The van der Waals surface area contributed by atoms with Crippen LogP contribution in [0.25, 0.3) is 10.8 Å². The predicted octanol–water partition coefficient (Wildman–Crippen LogP) is 0.285. The molecule has 10 nitrogen and oxygen atoms in total. The highest BCUT2D eigenvalue weighted by molar-refractivity contribution is 7.89. The molecule has 152 valence electrons. The van der Waals surface area contributed by atoms with E-state index < -0.39 is 16.1 Å². The lowest BCUT2D eigenvalue weighted by Gasteiger charge is -2.32. The molecule has 0 spiro atoms. The summed E-state index contributed by atoms with van der Waals surface area (Å²) in [5.41, 5.74) is 0. The van der Waals surface area contributed by atoms with Crippen molar-refractivity contribution in [1.29, 1.82) is 0 Å². The van der Waals surface area contributed by atoms with E-state index in [0.717, 1.165) is 10.8 Å². The molecule has 1 atom stereocenters. The van der Waals surface area contributed by atoms with Gasteiger partial charge in [-0.25, -0.2) is 8.42 Å². The van der Waals surface area contributed by atoms with Gasteiger partial charge in [0.05, 0.1) is 11.4 Å². The number of sulfonamides is 1. The predicted molar refractivity (Wildman–Crippen MR) is 106 cm³/mol. The highest BCUT2D eigenvalue weighted by Crippen LogP contribution is 2.25. The van der Waals surface area contributed by atoms with Crippen LogP contribution in [0.3, 0.4) is 0 Å². The third-order valence-corrected chi connectivity index (χ3v) is 6.77. The zero-order valence-electron chi connectivity index (χ0n) is 15.2. The van der Waals surface area contributed by atoms with Gasteiger partial charge >= 0.3 is 0 Å². The van der Waals surface area contributed by atoms with Crippen LogP contribution in [0, 0.1) is 0 Å². The average Bonchev–Trinajstić information content (AvgIpc) is 3.25. The first-order valence-corrected chi connectivity index (χ1v) is 10.7. The van der Waals surface area contributed by atoms with Gasteiger partial charge in [0.15, 0.2) is 5.82 Å². The third-order valence-electron chi connectivity index (χ3n) is 4.68. The van der Waals surface area contributed by atoms with Gasteiger partial charge in [0.1, 0.15) is 6.04 Å². The maximum Gasteiger partial charge on any atom is 0.243 e. The van der Waals surface area contributed by atoms with E-state index in [1.807, 2.05) is 0 Å². The van der Waals surface area contributed by atoms with Crippen molar-refractivity contribution in [3.05, 3.63) is 47.2 Å². The van der Waals surface area contributed by atoms with E-state index in [2.05, 4.69) is 31.3 Å². The van der Waals surface area contributed by atoms with E-state index in [0.29, 0.717) is 17.4 Å². The summed E-state index contributed by atoms with van der Waals surface area (Å²) in [6.07, 6.45) is 0. The molecule has 0 radical (unpaired) electrons. The minimum atomic E-state index is -3.75. The van der Waals surface area contributed by atoms with Gasteiger partial charge in [0.2, 0.25) is 15.9 Å². The van der Waals surface area contributed by atoms with Gasteiger partial charge in [0, 0.05) is 24.7 Å². The number of aromatic amines is 1. The van der Waals surface area contributed by atoms with Crippen LogP contribution in [0.15, 0.2) is 41.3 Å². The molecular weight excluding hydrogens is 418 g/mol. The van der Waals surface area contributed by atoms with Crippen LogP contribution in [0.4, 0.5) is 0 Å². The number of hydrogen-bond donors (Lipinski definition) is 3. The van der Waals surface area contributed by atoms with Gasteiger partial charge in [0.25, 0.3) is 0 Å². The number of benzene rings is 2. The Labute approximate surface area is 171 Å². The molecule has 0 saturated carbocycles. The minimum absolute atomic E-state index is 0.0269. The molecule has 2 heterocycles. The molecule has 4 rings (SSSR count). The topological polar surface area (TPSA) is 133 Å². The van der Waals surface area contributed by atoms with Gasteiger partial charge < -0.3 is 10.6 Å². The number of carbonyl (C=O) groups is 1. The van der Waals surface area contributed by atoms with Crippen LogP contribution in [0.2, 0.25) is 5.02 Å². The van der Waals surface area contributed by atoms with Crippen molar-refractivity contribution in [3.8, 4) is 0 Å². The second-order valence-corrected chi connectivity index (χ2v) is 8.94. The monoisotopic (exact) mass is 435 g/mol. The maximum atomic E-state index is 13.1. The van der Waals surface area contributed by atoms with E-state index in [1.165, 1.54) is 4.31 Å². The number of halogens is 1. The Morgan fingerprint density at radius 2 is 2.03 bits per heavy atom. The summed E-state index contributed by atoms with van der Waals surface area (Å²) in [7, 11) is -3.75. The second-order valence-electron chi connectivity index (χ2n) is 6.57. The fraction of sp³-hybridized carbons (Fsp3) is 0.294. The first-order valence-electron chi connectivity index (χ1n) is 8.86. The van der Waals surface area contributed by atoms with Crippen molar-refractivity contribution >= 4 is 38.3 Å². The van der Waals surface area contributed by atoms with Crippen molar-refractivity contribution < 1.29 is 13.2 Å². The molecular formula is C17H18ClN7O3S. The minimum Gasteiger partial charge on any atom is -0.347 e. The number of piperazine rings is 1. The van der Waals surface area contributed by atoms with Crippen LogP contribution in [-0.4, -0.2) is 64.9 Å². The zero-order chi connectivity index (χ0) is 20.4. The summed E-state index contributed by atoms with van der Waals surface area (Å²) in [6, 6.07) is 9.51. The summed E-state index contributed by atoms with van der Waals surface area (Å²) >= 11 is 5.99. The van der Waals surface area contributed by atoms with Gasteiger partial charge in [-0.2, -0.15) is 9.52 Å². The number of nitrogens with zero attached hydrogens (tertiary/aromatic N) is 4. The number of nitrogens with one attached hydrogen (secondary N) is 3. The number of amides is 1. The SMILES string of the molecule is O=C(NCc1nn[nH]n1)C1CN(S(=O)(=O)c2ccc3cc(Cl)ccc3c2)CCN1. The van der Waals surface area contributed by atoms with Crippen molar-refractivity contribution in [3.63, 3.8) is 0 Å². The molecule has 1 aliphatic rings. The summed E-state index contributed by atoms with van der Waals surface area (Å²) < 4.78 is 27.6. The Balaban J connectivity index is 1.49. The third kappa shape index (κ3) is 4.22. The van der Waals surface area contributed by atoms with Crippen molar-refractivity contribution in [1.82, 2.24) is 35.6 Å². The molecule has 3 N–H and O–H groups in total. The fourth-order valence-electron chi connectivity index (χ4n) is 3.17. The van der Waals surface area contributed by atoms with Crippen molar-refractivity contribution in [2.24, 2.45) is 0 Å². The van der Waals surface area contributed by atoms with Gasteiger partial charge in [-0.1, -0.05) is 28.9 Å². The highest BCUT2D eigenvalue weighted by Gasteiger charge is 2.33. The Morgan fingerprint density at radius 1 is 1.24 bits per heavy atom. The number of fused-ring (bicyclic) bond motifs is 1. The van der Waals surface area contributed by atoms with Crippen LogP contribution in [-0.2, 0) is 21.4 Å². The molecule has 1 aliphatic heterocycles. The average molecular weight is 436 g/mol. The number of hydrogen-bond acceptors (Lipinski definition) is 7. The van der Waals surface area contributed by atoms with E-state index in [9.17, 15) is 13.2 Å². The van der Waals surface area contributed by atoms with Gasteiger partial charge in [-0.3, -0.25) is 4.79 Å². The van der Waals surface area contributed by atoms with Gasteiger partial charge in [-0.15, -0.1) is 10.2 Å². The van der Waals surface area contributed by atoms with Crippen LogP contribution in [0.5, 0.6) is 0 Å². The Hall–Kier alpha value is -2.60. The molecule has 2 aromatic carbocycles. The van der Waals surface area contributed by atoms with E-state index in [-0.39, 0.29) is 30.4 Å². The Morgan fingerprint density at radius 3 is 2.83 bits per heavy atom. The lowest BCUT2D eigenvalue weighted by Crippen LogP contribution is -2.58. The number of rotatable bonds is 5. The molecule has 0 aliphatic carbocycles. The van der Waals surface area contributed by atoms with Crippen LogP contribution < -0.4 is 10.6 Å². The van der Waals surface area contributed by atoms with Crippen molar-refractivity contribution in [2.75, 3.05) is 19.6 Å². The molecule has 29 heavy (non-hydrogen) atoms. The van der Waals surface area contributed by atoms with Crippen LogP contribution >= 0.6 is 11.6 Å². The first kappa shape index (κ1) is 19.7. The number of H-pyrrole nitrogens is 1. The first-order chi connectivity index (χ1) is 13.9. The van der Waals surface area contributed by atoms with Gasteiger partial charge in [-0.05, 0) is 35.0 Å². The standard InChI is InChI=1S/C17H18ClN7O3S/c18-13-3-1-12-8-14(4-2-11(12)7-13)29(27,28)25-6-5-19-15(10-25)17(26)20-9-16-21-23-24-22-16/h1-4,7-8,15,19H,5-6,9-10H2,(H,20,26)(H,21,22,23,24). The lowest BCUT2D eigenvalue weighted by molar-refractivity contribution is -0.124. The molecule has 1 amide bonds. The lowest BCUT2D eigenvalue weighted by atomic mass is 10.1. The molecule has 0 bridgehead atoms. The molecule has 1 fully saturated rings. The second kappa shape index (κ2) is 8.03. The molecule has 1 aromatic heterocycles. The van der Waals surface area contributed by atoms with Crippen molar-refractivity contribution in [2.45, 2.75) is 17.5 Å². The highest BCUT2D eigenvalue weighted by atomic mass is 35.5. The number of tetrazole rings is 1. The maximum absolute atomic E-state index is 13.1. The van der Waals surface area contributed by atoms with E-state index >= 15 is 0 Å². The molecule has 3 aromatic rings. The molecule has 12 heteroatoms. The summed E-state index contributed by atoms with van der Waals surface area (Å²) in [5, 5.41) is 21.2. The fourth-order valence-corrected chi connectivity index (χ4v) is 4.84. The normalized spacial score (nSPS) is 18.0. The summed E-state index contributed by atoms with van der Waals surface area (Å²) in [4.78, 5) is 12.6. The van der Waals surface area contributed by atoms with Crippen LogP contribution in [0.1, 0.15) is 5.82 Å². The summed E-state index contributed by atoms with van der Waals surface area (Å²) in [5.74, 6) is 0.0118. The Kier molecular flexibility index (Phi) is 5.46. The molecule has 1 unspecified atom stereocenters. The van der Waals surface area contributed by atoms with E-state index in [4.69, 9.17) is 11.6 Å². The largest absolute Gasteiger partial charge is 0.347 e. The number of carbonyl (C=O) groups excluding carboxylic acids is 1. The zero-order valence-corrected chi connectivity index (χ0v) is 16.7. The molecule has 1 saturated heterocycles. The number of aromatic nitrogens is 4. The Bertz CT molecular complexity index is 1140. The quantitative estimate of drug-likeness (QED) is 0.524. The van der Waals surface area contributed by atoms with E-state index in [1.54, 1.807) is 36.4 Å².